The number of ketones is 1. The zero-order valence-electron chi connectivity index (χ0n) is 8.09. The van der Waals surface area contributed by atoms with E-state index in [1.165, 1.54) is 0 Å². The summed E-state index contributed by atoms with van der Waals surface area (Å²) in [7, 11) is 0. The van der Waals surface area contributed by atoms with E-state index in [-0.39, 0.29) is 12.4 Å². The van der Waals surface area contributed by atoms with Crippen molar-refractivity contribution in [3.05, 3.63) is 34.4 Å². The first-order valence-corrected chi connectivity index (χ1v) is 4.41. The number of hydrogen-bond acceptors (Lipinski definition) is 3. The first kappa shape index (κ1) is 8.94. The molecule has 0 amide bonds. The van der Waals surface area contributed by atoms with Gasteiger partial charge >= 0.3 is 5.97 Å². The molecule has 0 bridgehead atoms. The molecule has 3 heteroatoms. The van der Waals surface area contributed by atoms with Crippen molar-refractivity contribution in [2.24, 2.45) is 0 Å². The van der Waals surface area contributed by atoms with Crippen LogP contribution in [0.15, 0.2) is 12.1 Å². The predicted molar refractivity (Wildman–Crippen MR) is 50.5 cm³/mol. The van der Waals surface area contributed by atoms with E-state index in [4.69, 9.17) is 4.74 Å². The Labute approximate surface area is 81.7 Å². The molecule has 0 fully saturated rings. The topological polar surface area (TPSA) is 43.4 Å². The number of benzene rings is 1. The summed E-state index contributed by atoms with van der Waals surface area (Å²) in [4.78, 5) is 22.7. The zero-order chi connectivity index (χ0) is 10.3. The van der Waals surface area contributed by atoms with E-state index in [1.807, 2.05) is 13.8 Å². The molecular formula is C11H10O3. The number of carbonyl (C=O) groups excluding carboxylic acids is 2. The summed E-state index contributed by atoms with van der Waals surface area (Å²) in [5.74, 6) is -0.523. The molecule has 0 aromatic heterocycles. The van der Waals surface area contributed by atoms with Gasteiger partial charge in [0.1, 0.15) is 0 Å². The SMILES string of the molecule is Cc1cc2c(cc1C)C(=O)OCC2=O. The van der Waals surface area contributed by atoms with Crippen molar-refractivity contribution in [1.29, 1.82) is 0 Å². The lowest BCUT2D eigenvalue weighted by atomic mass is 9.96. The van der Waals surface area contributed by atoms with E-state index in [2.05, 4.69) is 0 Å². The van der Waals surface area contributed by atoms with Gasteiger partial charge in [0.2, 0.25) is 5.78 Å². The summed E-state index contributed by atoms with van der Waals surface area (Å²) in [6, 6.07) is 3.47. The smallest absolute Gasteiger partial charge is 0.339 e. The molecule has 3 nitrogen and oxygen atoms in total. The number of rotatable bonds is 0. The van der Waals surface area contributed by atoms with Gasteiger partial charge in [-0.15, -0.1) is 0 Å². The van der Waals surface area contributed by atoms with Crippen molar-refractivity contribution in [3.63, 3.8) is 0 Å². The maximum Gasteiger partial charge on any atom is 0.339 e. The molecule has 0 N–H and O–H groups in total. The van der Waals surface area contributed by atoms with Crippen molar-refractivity contribution in [2.75, 3.05) is 6.61 Å². The normalized spacial score (nSPS) is 15.0. The average molecular weight is 190 g/mol. The molecule has 1 heterocycles. The van der Waals surface area contributed by atoms with E-state index >= 15 is 0 Å². The number of Topliss-reactive ketones (excluding diaryl/α,β-unsaturated/α-hetero) is 1. The Morgan fingerprint density at radius 1 is 1.07 bits per heavy atom. The van der Waals surface area contributed by atoms with E-state index < -0.39 is 5.97 Å². The summed E-state index contributed by atoms with van der Waals surface area (Å²) in [5.41, 5.74) is 2.90. The Balaban J connectivity index is 2.68. The number of cyclic esters (lactones) is 1. The van der Waals surface area contributed by atoms with Crippen LogP contribution in [0.3, 0.4) is 0 Å². The van der Waals surface area contributed by atoms with Crippen LogP contribution in [-0.4, -0.2) is 18.4 Å². The van der Waals surface area contributed by atoms with Crippen molar-refractivity contribution in [2.45, 2.75) is 13.8 Å². The third kappa shape index (κ3) is 1.21. The number of esters is 1. The predicted octanol–water partition coefficient (Wildman–Crippen LogP) is 1.66. The van der Waals surface area contributed by atoms with Gasteiger partial charge in [-0.3, -0.25) is 4.79 Å². The molecule has 1 aliphatic heterocycles. The second-order valence-corrected chi connectivity index (χ2v) is 3.48. The Bertz CT molecular complexity index is 391. The third-order valence-corrected chi connectivity index (χ3v) is 2.49. The van der Waals surface area contributed by atoms with Crippen LogP contribution < -0.4 is 0 Å². The highest BCUT2D eigenvalue weighted by Crippen LogP contribution is 2.20. The maximum atomic E-state index is 11.4. The number of hydrogen-bond donors (Lipinski definition) is 0. The lowest BCUT2D eigenvalue weighted by Gasteiger charge is -2.16. The summed E-state index contributed by atoms with van der Waals surface area (Å²) in [5, 5.41) is 0. The molecule has 0 saturated heterocycles. The Hall–Kier alpha value is -1.64. The highest BCUT2D eigenvalue weighted by molar-refractivity contribution is 6.10. The van der Waals surface area contributed by atoms with Crippen LogP contribution in [0.2, 0.25) is 0 Å². The fraction of sp³-hybridized carbons (Fsp3) is 0.273. The highest BCUT2D eigenvalue weighted by Gasteiger charge is 2.25. The van der Waals surface area contributed by atoms with Crippen molar-refractivity contribution in [1.82, 2.24) is 0 Å². The molecule has 0 spiro atoms. The third-order valence-electron chi connectivity index (χ3n) is 2.49. The van der Waals surface area contributed by atoms with Gasteiger partial charge in [-0.1, -0.05) is 0 Å². The van der Waals surface area contributed by atoms with Gasteiger partial charge in [0.25, 0.3) is 0 Å². The fourth-order valence-electron chi connectivity index (χ4n) is 1.50. The van der Waals surface area contributed by atoms with Gasteiger partial charge in [0.05, 0.1) is 5.56 Å². The summed E-state index contributed by atoms with van der Waals surface area (Å²) >= 11 is 0. The Kier molecular flexibility index (Phi) is 1.88. The molecular weight excluding hydrogens is 180 g/mol. The Morgan fingerprint density at radius 2 is 1.64 bits per heavy atom. The molecule has 0 unspecified atom stereocenters. The second kappa shape index (κ2) is 2.94. The molecule has 1 aromatic rings. The number of fused-ring (bicyclic) bond motifs is 1. The molecule has 72 valence electrons. The van der Waals surface area contributed by atoms with Crippen LogP contribution in [0, 0.1) is 13.8 Å². The van der Waals surface area contributed by atoms with E-state index in [0.29, 0.717) is 11.1 Å². The van der Waals surface area contributed by atoms with Crippen LogP contribution in [-0.2, 0) is 4.74 Å². The zero-order valence-corrected chi connectivity index (χ0v) is 8.09. The lowest BCUT2D eigenvalue weighted by molar-refractivity contribution is 0.0443. The van der Waals surface area contributed by atoms with Crippen LogP contribution in [0.25, 0.3) is 0 Å². The summed E-state index contributed by atoms with van der Waals surface area (Å²) in [6.45, 7) is 3.69. The molecule has 2 rings (SSSR count). The van der Waals surface area contributed by atoms with Gasteiger partial charge in [-0.05, 0) is 37.1 Å². The first-order valence-electron chi connectivity index (χ1n) is 4.41. The molecule has 0 aliphatic carbocycles. The highest BCUT2D eigenvalue weighted by atomic mass is 16.5. The van der Waals surface area contributed by atoms with Gasteiger partial charge in [-0.25, -0.2) is 4.79 Å². The van der Waals surface area contributed by atoms with E-state index in [1.54, 1.807) is 12.1 Å². The number of carbonyl (C=O) groups is 2. The van der Waals surface area contributed by atoms with Crippen molar-refractivity contribution < 1.29 is 14.3 Å². The molecule has 0 radical (unpaired) electrons. The quantitative estimate of drug-likeness (QED) is 0.584. The average Bonchev–Trinajstić information content (AvgIpc) is 2.15. The maximum absolute atomic E-state index is 11.4. The molecule has 0 atom stereocenters. The van der Waals surface area contributed by atoms with Crippen molar-refractivity contribution in [3.8, 4) is 0 Å². The minimum absolute atomic E-state index is 0.122. The van der Waals surface area contributed by atoms with E-state index in [0.717, 1.165) is 11.1 Å². The monoisotopic (exact) mass is 190 g/mol. The molecule has 1 aliphatic rings. The van der Waals surface area contributed by atoms with E-state index in [9.17, 15) is 9.59 Å². The van der Waals surface area contributed by atoms with Gasteiger partial charge in [0, 0.05) is 5.56 Å². The largest absolute Gasteiger partial charge is 0.454 e. The van der Waals surface area contributed by atoms with Gasteiger partial charge < -0.3 is 4.74 Å². The summed E-state index contributed by atoms with van der Waals surface area (Å²) < 4.78 is 4.72. The minimum atomic E-state index is -0.400. The van der Waals surface area contributed by atoms with Gasteiger partial charge in [-0.2, -0.15) is 0 Å². The summed E-state index contributed by atoms with van der Waals surface area (Å²) in [6.07, 6.45) is 0. The van der Waals surface area contributed by atoms with Gasteiger partial charge in [0.15, 0.2) is 6.61 Å². The number of aryl methyl sites for hydroxylation is 2. The van der Waals surface area contributed by atoms with Crippen LogP contribution in [0.1, 0.15) is 31.8 Å². The lowest BCUT2D eigenvalue weighted by Crippen LogP contribution is -2.24. The fourth-order valence-corrected chi connectivity index (χ4v) is 1.50. The number of ether oxygens (including phenoxy) is 1. The Morgan fingerprint density at radius 3 is 2.29 bits per heavy atom. The standard InChI is InChI=1S/C11H10O3/c1-6-3-8-9(4-7(6)2)11(13)14-5-10(8)12/h3-4H,5H2,1-2H3. The second-order valence-electron chi connectivity index (χ2n) is 3.48. The minimum Gasteiger partial charge on any atom is -0.454 e. The van der Waals surface area contributed by atoms with Crippen LogP contribution in [0.4, 0.5) is 0 Å². The molecule has 0 saturated carbocycles. The van der Waals surface area contributed by atoms with Crippen LogP contribution >= 0.6 is 0 Å². The van der Waals surface area contributed by atoms with Crippen molar-refractivity contribution >= 4 is 11.8 Å². The van der Waals surface area contributed by atoms with Crippen LogP contribution in [0.5, 0.6) is 0 Å². The molecule has 1 aromatic carbocycles. The molecule has 14 heavy (non-hydrogen) atoms. The first-order chi connectivity index (χ1) is 6.59.